The van der Waals surface area contributed by atoms with Crippen LogP contribution in [0.25, 0.3) is 22.4 Å². The van der Waals surface area contributed by atoms with E-state index in [4.69, 9.17) is 4.52 Å². The minimum Gasteiger partial charge on any atom is -0.359 e. The van der Waals surface area contributed by atoms with Crippen molar-refractivity contribution in [1.82, 2.24) is 10.1 Å². The maximum Gasteiger partial charge on any atom is 0.152 e. The Balaban J connectivity index is 1.87. The van der Waals surface area contributed by atoms with E-state index in [0.29, 0.717) is 0 Å². The average molecular weight is 332 g/mol. The predicted octanol–water partition coefficient (Wildman–Crippen LogP) is 4.91. The first-order chi connectivity index (χ1) is 12.1. The van der Waals surface area contributed by atoms with E-state index in [-0.39, 0.29) is 5.41 Å². The third-order valence-electron chi connectivity index (χ3n) is 5.03. The maximum absolute atomic E-state index is 5.99. The van der Waals surface area contributed by atoms with Gasteiger partial charge in [0.25, 0.3) is 0 Å². The lowest BCUT2D eigenvalue weighted by Gasteiger charge is -2.19. The minimum atomic E-state index is 0.102. The van der Waals surface area contributed by atoms with Gasteiger partial charge >= 0.3 is 0 Å². The van der Waals surface area contributed by atoms with Gasteiger partial charge in [0.05, 0.1) is 5.56 Å². The minimum absolute atomic E-state index is 0.102. The van der Waals surface area contributed by atoms with Crippen LogP contribution in [0.5, 0.6) is 0 Å². The summed E-state index contributed by atoms with van der Waals surface area (Å²) in [5, 5.41) is 4.51. The van der Waals surface area contributed by atoms with Crippen molar-refractivity contribution in [2.24, 2.45) is 0 Å². The van der Waals surface area contributed by atoms with Gasteiger partial charge in [-0.2, -0.15) is 0 Å². The zero-order valence-corrected chi connectivity index (χ0v) is 15.1. The lowest BCUT2D eigenvalue weighted by Crippen LogP contribution is -2.26. The van der Waals surface area contributed by atoms with Gasteiger partial charge in [-0.1, -0.05) is 65.3 Å². The van der Waals surface area contributed by atoms with E-state index in [2.05, 4.69) is 85.7 Å². The summed E-state index contributed by atoms with van der Waals surface area (Å²) >= 11 is 0. The van der Waals surface area contributed by atoms with E-state index in [1.807, 2.05) is 0 Å². The van der Waals surface area contributed by atoms with E-state index in [1.54, 1.807) is 0 Å². The summed E-state index contributed by atoms with van der Waals surface area (Å²) in [6.45, 7) is 3.10. The summed E-state index contributed by atoms with van der Waals surface area (Å²) in [7, 11) is 4.25. The van der Waals surface area contributed by atoms with Crippen molar-refractivity contribution in [3.63, 3.8) is 0 Å². The molecule has 0 saturated heterocycles. The third kappa shape index (κ3) is 3.00. The Morgan fingerprint density at radius 3 is 2.24 bits per heavy atom. The molecule has 0 N–H and O–H groups in total. The number of hydrogen-bond acceptors (Lipinski definition) is 3. The van der Waals surface area contributed by atoms with Crippen molar-refractivity contribution in [2.45, 2.75) is 25.2 Å². The molecule has 25 heavy (non-hydrogen) atoms. The lowest BCUT2D eigenvalue weighted by atomic mass is 9.91. The molecule has 3 heteroatoms. The topological polar surface area (TPSA) is 29.3 Å². The average Bonchev–Trinajstić information content (AvgIpc) is 3.23. The van der Waals surface area contributed by atoms with Gasteiger partial charge in [-0.15, -0.1) is 0 Å². The molecule has 1 heterocycles. The Bertz CT molecular complexity index is 859. The first-order valence-corrected chi connectivity index (χ1v) is 8.86. The second-order valence-electron chi connectivity index (χ2n) is 7.49. The van der Waals surface area contributed by atoms with Crippen molar-refractivity contribution in [1.29, 1.82) is 0 Å². The van der Waals surface area contributed by atoms with Crippen LogP contribution in [-0.2, 0) is 5.41 Å². The molecule has 0 radical (unpaired) electrons. The molecule has 0 aliphatic heterocycles. The highest BCUT2D eigenvalue weighted by Gasteiger charge is 2.50. The van der Waals surface area contributed by atoms with Crippen molar-refractivity contribution in [3.05, 3.63) is 65.9 Å². The third-order valence-corrected chi connectivity index (χ3v) is 5.03. The monoisotopic (exact) mass is 332 g/mol. The molecule has 128 valence electrons. The molecule has 0 atom stereocenters. The van der Waals surface area contributed by atoms with E-state index in [1.165, 1.54) is 11.1 Å². The number of aryl methyl sites for hydroxylation is 1. The van der Waals surface area contributed by atoms with E-state index in [9.17, 15) is 0 Å². The summed E-state index contributed by atoms with van der Waals surface area (Å²) in [5.74, 6) is 1.04. The normalized spacial score (nSPS) is 15.5. The highest BCUT2D eigenvalue weighted by molar-refractivity contribution is 5.83. The van der Waals surface area contributed by atoms with Crippen LogP contribution >= 0.6 is 0 Å². The molecular weight excluding hydrogens is 308 g/mol. The van der Waals surface area contributed by atoms with Crippen LogP contribution < -0.4 is 0 Å². The maximum atomic E-state index is 5.99. The Kier molecular flexibility index (Phi) is 3.97. The molecule has 1 saturated carbocycles. The fraction of sp³-hybridized carbons (Fsp3) is 0.318. The molecule has 1 aliphatic carbocycles. The molecule has 0 amide bonds. The number of hydrogen-bond donors (Lipinski definition) is 0. The fourth-order valence-electron chi connectivity index (χ4n) is 3.65. The van der Waals surface area contributed by atoms with Gasteiger partial charge in [-0.3, -0.25) is 0 Å². The smallest absolute Gasteiger partial charge is 0.152 e. The SMILES string of the molecule is Cc1ccc(-c2noc(C3(CN(C)C)CC3)c2-c2ccccc2)cc1. The second-order valence-corrected chi connectivity index (χ2v) is 7.49. The molecule has 1 aliphatic rings. The molecule has 0 unspecified atom stereocenters. The Hall–Kier alpha value is -2.39. The number of benzene rings is 2. The van der Waals surface area contributed by atoms with Gasteiger partial charge in [-0.25, -0.2) is 0 Å². The van der Waals surface area contributed by atoms with Crippen LogP contribution in [0.3, 0.4) is 0 Å². The van der Waals surface area contributed by atoms with E-state index >= 15 is 0 Å². The van der Waals surface area contributed by atoms with Gasteiger partial charge in [-0.05, 0) is 39.4 Å². The number of rotatable bonds is 5. The van der Waals surface area contributed by atoms with Gasteiger partial charge in [0.2, 0.25) is 0 Å². The molecule has 0 bridgehead atoms. The van der Waals surface area contributed by atoms with Crippen molar-refractivity contribution < 1.29 is 4.52 Å². The second kappa shape index (κ2) is 6.16. The molecule has 3 aromatic rings. The van der Waals surface area contributed by atoms with E-state index in [0.717, 1.165) is 42.0 Å². The first kappa shape index (κ1) is 16.1. The molecule has 2 aromatic carbocycles. The van der Waals surface area contributed by atoms with Gasteiger partial charge in [0.15, 0.2) is 5.76 Å². The summed E-state index contributed by atoms with van der Waals surface area (Å²) in [6, 6.07) is 19.0. The van der Waals surface area contributed by atoms with Crippen molar-refractivity contribution in [3.8, 4) is 22.4 Å². The Morgan fingerprint density at radius 1 is 0.960 bits per heavy atom. The number of aromatic nitrogens is 1. The summed E-state index contributed by atoms with van der Waals surface area (Å²) < 4.78 is 5.99. The Morgan fingerprint density at radius 2 is 1.64 bits per heavy atom. The van der Waals surface area contributed by atoms with Crippen molar-refractivity contribution >= 4 is 0 Å². The van der Waals surface area contributed by atoms with Gasteiger partial charge in [0, 0.05) is 17.5 Å². The Labute approximate surface area is 149 Å². The quantitative estimate of drug-likeness (QED) is 0.665. The van der Waals surface area contributed by atoms with Crippen LogP contribution in [0.1, 0.15) is 24.2 Å². The van der Waals surface area contributed by atoms with Crippen molar-refractivity contribution in [2.75, 3.05) is 20.6 Å². The molecular formula is C22H24N2O. The molecule has 3 nitrogen and oxygen atoms in total. The van der Waals surface area contributed by atoms with Crippen LogP contribution in [-0.4, -0.2) is 30.7 Å². The van der Waals surface area contributed by atoms with Crippen LogP contribution in [0.15, 0.2) is 59.1 Å². The predicted molar refractivity (Wildman–Crippen MR) is 102 cm³/mol. The fourth-order valence-corrected chi connectivity index (χ4v) is 3.65. The zero-order valence-electron chi connectivity index (χ0n) is 15.1. The zero-order chi connectivity index (χ0) is 17.4. The molecule has 0 spiro atoms. The van der Waals surface area contributed by atoms with Crippen LogP contribution in [0.2, 0.25) is 0 Å². The number of nitrogens with zero attached hydrogens (tertiary/aromatic N) is 2. The number of likely N-dealkylation sites (N-methyl/N-ethyl adjacent to an activating group) is 1. The summed E-state index contributed by atoms with van der Waals surface area (Å²) in [5.41, 5.74) is 5.75. The molecule has 1 fully saturated rings. The first-order valence-electron chi connectivity index (χ1n) is 8.86. The van der Waals surface area contributed by atoms with Gasteiger partial charge in [0.1, 0.15) is 5.69 Å². The largest absolute Gasteiger partial charge is 0.359 e. The highest BCUT2D eigenvalue weighted by atomic mass is 16.5. The van der Waals surface area contributed by atoms with E-state index < -0.39 is 0 Å². The summed E-state index contributed by atoms with van der Waals surface area (Å²) in [6.07, 6.45) is 2.32. The van der Waals surface area contributed by atoms with Crippen LogP contribution in [0, 0.1) is 6.92 Å². The highest BCUT2D eigenvalue weighted by Crippen LogP contribution is 2.53. The standard InChI is InChI=1S/C22H24N2O/c1-16-9-11-18(12-10-16)20-19(17-7-5-4-6-8-17)21(25-23-20)22(13-14-22)15-24(2)3/h4-12H,13-15H2,1-3H3. The molecule has 4 rings (SSSR count). The summed E-state index contributed by atoms with van der Waals surface area (Å²) in [4.78, 5) is 2.25. The van der Waals surface area contributed by atoms with Crippen LogP contribution in [0.4, 0.5) is 0 Å². The molecule has 1 aromatic heterocycles. The van der Waals surface area contributed by atoms with Gasteiger partial charge < -0.3 is 9.42 Å². The lowest BCUT2D eigenvalue weighted by molar-refractivity contribution is 0.299.